The van der Waals surface area contributed by atoms with Crippen molar-refractivity contribution in [2.75, 3.05) is 0 Å². The summed E-state index contributed by atoms with van der Waals surface area (Å²) in [5, 5.41) is 8.73. The van der Waals surface area contributed by atoms with Crippen molar-refractivity contribution < 1.29 is 0 Å². The molecular formula is C59H49N. The lowest BCUT2D eigenvalue weighted by atomic mass is 9.84. The van der Waals surface area contributed by atoms with Gasteiger partial charge in [-0.2, -0.15) is 0 Å². The second kappa shape index (κ2) is 16.8. The summed E-state index contributed by atoms with van der Waals surface area (Å²) in [6, 6.07) is 71.4. The molecule has 0 saturated heterocycles. The number of hydrogen-bond acceptors (Lipinski definition) is 1. The predicted molar refractivity (Wildman–Crippen MR) is 259 cm³/mol. The molecule has 0 N–H and O–H groups in total. The van der Waals surface area contributed by atoms with Gasteiger partial charge in [-0.3, -0.25) is 0 Å². The standard InChI is InChI=1S/C59H49N/c1-2-3-4-5-6-8-19-41-32-34-45(35-33-41)56-40-55(43-20-9-7-10-21-43)54-31-18-29-48(59(54)60-56)44-36-38-46(39-37-44)57-50-25-13-15-27-52(50)58(53-28-16-14-26-51(53)57)49-30-17-23-42-22-11-12-24-47(42)49/h7,9-18,20-40H,2-6,8,19H2,1H3. The fourth-order valence-electron chi connectivity index (χ4n) is 9.43. The third-order valence-electron chi connectivity index (χ3n) is 12.5. The summed E-state index contributed by atoms with van der Waals surface area (Å²) in [5.74, 6) is 0. The quantitative estimate of drug-likeness (QED) is 0.0890. The zero-order valence-corrected chi connectivity index (χ0v) is 34.4. The van der Waals surface area contributed by atoms with Crippen molar-refractivity contribution >= 4 is 43.2 Å². The van der Waals surface area contributed by atoms with Crippen molar-refractivity contribution in [3.8, 4) is 55.8 Å². The van der Waals surface area contributed by atoms with E-state index in [1.165, 1.54) is 110 Å². The second-order valence-corrected chi connectivity index (χ2v) is 16.3. The van der Waals surface area contributed by atoms with Gasteiger partial charge >= 0.3 is 0 Å². The van der Waals surface area contributed by atoms with Crippen LogP contribution in [0.5, 0.6) is 0 Å². The lowest BCUT2D eigenvalue weighted by Gasteiger charge is -2.19. The molecule has 0 aliphatic heterocycles. The highest BCUT2D eigenvalue weighted by Crippen LogP contribution is 2.46. The van der Waals surface area contributed by atoms with Crippen molar-refractivity contribution in [1.82, 2.24) is 4.98 Å². The van der Waals surface area contributed by atoms with E-state index in [0.29, 0.717) is 0 Å². The highest BCUT2D eigenvalue weighted by atomic mass is 14.7. The van der Waals surface area contributed by atoms with E-state index < -0.39 is 0 Å². The summed E-state index contributed by atoms with van der Waals surface area (Å²) in [5.41, 5.74) is 14.3. The molecule has 0 amide bonds. The van der Waals surface area contributed by atoms with Gasteiger partial charge in [0, 0.05) is 16.5 Å². The Morgan fingerprint density at radius 1 is 0.350 bits per heavy atom. The van der Waals surface area contributed by atoms with Gasteiger partial charge < -0.3 is 0 Å². The minimum Gasteiger partial charge on any atom is -0.247 e. The van der Waals surface area contributed by atoms with Gasteiger partial charge in [-0.05, 0) is 95.7 Å². The molecule has 0 unspecified atom stereocenters. The molecule has 0 aliphatic carbocycles. The molecule has 0 bridgehead atoms. The van der Waals surface area contributed by atoms with Gasteiger partial charge in [-0.25, -0.2) is 4.98 Å². The molecule has 9 aromatic carbocycles. The Kier molecular flexibility index (Phi) is 10.5. The molecule has 0 saturated carbocycles. The molecule has 0 aliphatic rings. The Labute approximate surface area is 354 Å². The molecule has 0 radical (unpaired) electrons. The third kappa shape index (κ3) is 7.15. The molecule has 290 valence electrons. The van der Waals surface area contributed by atoms with E-state index in [0.717, 1.165) is 39.7 Å². The first-order valence-electron chi connectivity index (χ1n) is 21.9. The van der Waals surface area contributed by atoms with Crippen LogP contribution in [-0.2, 0) is 6.42 Å². The van der Waals surface area contributed by atoms with Gasteiger partial charge in [0.25, 0.3) is 0 Å². The summed E-state index contributed by atoms with van der Waals surface area (Å²) >= 11 is 0. The van der Waals surface area contributed by atoms with Crippen molar-refractivity contribution in [2.45, 2.75) is 51.9 Å². The average molecular weight is 772 g/mol. The molecule has 1 nitrogen and oxygen atoms in total. The minimum atomic E-state index is 1.00. The van der Waals surface area contributed by atoms with E-state index in [1.54, 1.807) is 0 Å². The number of nitrogens with zero attached hydrogens (tertiary/aromatic N) is 1. The monoisotopic (exact) mass is 771 g/mol. The smallest absolute Gasteiger partial charge is 0.0794 e. The molecule has 0 spiro atoms. The maximum Gasteiger partial charge on any atom is 0.0794 e. The van der Waals surface area contributed by atoms with Gasteiger partial charge in [0.05, 0.1) is 11.2 Å². The molecule has 1 aromatic heterocycles. The molecular weight excluding hydrogens is 723 g/mol. The Hall–Kier alpha value is -6.83. The molecule has 1 heterocycles. The number of rotatable bonds is 12. The summed E-state index contributed by atoms with van der Waals surface area (Å²) in [7, 11) is 0. The number of para-hydroxylation sites is 1. The average Bonchev–Trinajstić information content (AvgIpc) is 3.32. The highest BCUT2D eigenvalue weighted by Gasteiger charge is 2.19. The van der Waals surface area contributed by atoms with Gasteiger partial charge in [-0.1, -0.05) is 227 Å². The Balaban J connectivity index is 1.06. The van der Waals surface area contributed by atoms with Crippen molar-refractivity contribution in [3.63, 3.8) is 0 Å². The number of hydrogen-bond donors (Lipinski definition) is 0. The van der Waals surface area contributed by atoms with Gasteiger partial charge in [0.1, 0.15) is 0 Å². The van der Waals surface area contributed by atoms with E-state index in [2.05, 4.69) is 201 Å². The van der Waals surface area contributed by atoms with Crippen molar-refractivity contribution in [1.29, 1.82) is 0 Å². The predicted octanol–water partition coefficient (Wildman–Crippen LogP) is 16.9. The molecule has 1 heteroatoms. The zero-order valence-electron chi connectivity index (χ0n) is 34.4. The van der Waals surface area contributed by atoms with Crippen LogP contribution in [0.1, 0.15) is 51.0 Å². The molecule has 10 rings (SSSR count). The SMILES string of the molecule is CCCCCCCCc1ccc(-c2cc(-c3ccccc3)c3cccc(-c4ccc(-c5c6ccccc6c(-c6cccc7ccccc67)c6ccccc56)cc4)c3n2)cc1. The summed E-state index contributed by atoms with van der Waals surface area (Å²) < 4.78 is 0. The molecule has 60 heavy (non-hydrogen) atoms. The van der Waals surface area contributed by atoms with Gasteiger partial charge in [-0.15, -0.1) is 0 Å². The first-order valence-corrected chi connectivity index (χ1v) is 21.9. The number of fused-ring (bicyclic) bond motifs is 4. The molecule has 0 fully saturated rings. The Bertz CT molecular complexity index is 3040. The molecule has 10 aromatic rings. The van der Waals surface area contributed by atoms with Crippen LogP contribution in [0.15, 0.2) is 194 Å². The lowest BCUT2D eigenvalue weighted by molar-refractivity contribution is 0.607. The maximum atomic E-state index is 5.46. The van der Waals surface area contributed by atoms with Crippen LogP contribution in [0.25, 0.3) is 99.0 Å². The minimum absolute atomic E-state index is 1.00. The fraction of sp³-hybridized carbons (Fsp3) is 0.136. The van der Waals surface area contributed by atoms with Crippen LogP contribution in [0.4, 0.5) is 0 Å². The number of unbranched alkanes of at least 4 members (excludes halogenated alkanes) is 5. The lowest BCUT2D eigenvalue weighted by Crippen LogP contribution is -1.94. The second-order valence-electron chi connectivity index (χ2n) is 16.3. The van der Waals surface area contributed by atoms with Crippen LogP contribution in [0.2, 0.25) is 0 Å². The van der Waals surface area contributed by atoms with Crippen molar-refractivity contribution in [2.24, 2.45) is 0 Å². The molecule has 0 atom stereocenters. The third-order valence-corrected chi connectivity index (χ3v) is 12.5. The fourth-order valence-corrected chi connectivity index (χ4v) is 9.43. The summed E-state index contributed by atoms with van der Waals surface area (Å²) in [6.45, 7) is 2.28. The van der Waals surface area contributed by atoms with E-state index in [1.807, 2.05) is 0 Å². The number of pyridine rings is 1. The topological polar surface area (TPSA) is 12.9 Å². The van der Waals surface area contributed by atoms with E-state index >= 15 is 0 Å². The van der Waals surface area contributed by atoms with E-state index in [9.17, 15) is 0 Å². The van der Waals surface area contributed by atoms with Crippen LogP contribution in [-0.4, -0.2) is 4.98 Å². The van der Waals surface area contributed by atoms with Crippen LogP contribution < -0.4 is 0 Å². The van der Waals surface area contributed by atoms with E-state index in [-0.39, 0.29) is 0 Å². The first kappa shape index (κ1) is 37.4. The summed E-state index contributed by atoms with van der Waals surface area (Å²) in [4.78, 5) is 5.46. The largest absolute Gasteiger partial charge is 0.247 e. The zero-order chi connectivity index (χ0) is 40.3. The van der Waals surface area contributed by atoms with Crippen LogP contribution in [0.3, 0.4) is 0 Å². The van der Waals surface area contributed by atoms with E-state index in [4.69, 9.17) is 4.98 Å². The van der Waals surface area contributed by atoms with Crippen LogP contribution in [0, 0.1) is 0 Å². The van der Waals surface area contributed by atoms with Gasteiger partial charge in [0.2, 0.25) is 0 Å². The first-order chi connectivity index (χ1) is 29.7. The highest BCUT2D eigenvalue weighted by molar-refractivity contribution is 6.23. The number of benzene rings is 9. The Morgan fingerprint density at radius 2 is 0.867 bits per heavy atom. The Morgan fingerprint density at radius 3 is 1.58 bits per heavy atom. The van der Waals surface area contributed by atoms with Gasteiger partial charge in [0.15, 0.2) is 0 Å². The van der Waals surface area contributed by atoms with Crippen molar-refractivity contribution in [3.05, 3.63) is 200 Å². The summed E-state index contributed by atoms with van der Waals surface area (Å²) in [6.07, 6.45) is 9.03. The normalized spacial score (nSPS) is 11.6. The number of aromatic nitrogens is 1. The van der Waals surface area contributed by atoms with Crippen LogP contribution >= 0.6 is 0 Å². The maximum absolute atomic E-state index is 5.46. The number of aryl methyl sites for hydroxylation is 1.